The molecule has 0 saturated carbocycles. The van der Waals surface area contributed by atoms with Gasteiger partial charge in [-0.15, -0.1) is 0 Å². The van der Waals surface area contributed by atoms with Crippen molar-refractivity contribution in [1.29, 1.82) is 0 Å². The zero-order valence-electron chi connectivity index (χ0n) is 14.2. The Labute approximate surface area is 148 Å². The van der Waals surface area contributed by atoms with Crippen LogP contribution in [0.1, 0.15) is 22.5 Å². The molecule has 2 aliphatic heterocycles. The molecular formula is C16H16N6O4. The number of aromatic nitrogens is 2. The molecule has 0 atom stereocenters. The first-order valence-corrected chi connectivity index (χ1v) is 7.58. The van der Waals surface area contributed by atoms with E-state index in [4.69, 9.17) is 15.2 Å². The van der Waals surface area contributed by atoms with Gasteiger partial charge in [0, 0.05) is 29.6 Å². The van der Waals surface area contributed by atoms with Gasteiger partial charge < -0.3 is 15.2 Å². The van der Waals surface area contributed by atoms with Gasteiger partial charge in [-0.1, -0.05) is 0 Å². The number of nitro groups is 1. The second kappa shape index (κ2) is 7.13. The lowest BCUT2D eigenvalue weighted by Crippen LogP contribution is -2.00. The molecule has 134 valence electrons. The van der Waals surface area contributed by atoms with Gasteiger partial charge in [0.25, 0.3) is 5.88 Å². The van der Waals surface area contributed by atoms with Crippen molar-refractivity contribution < 1.29 is 14.4 Å². The van der Waals surface area contributed by atoms with Crippen LogP contribution in [-0.2, 0) is 13.1 Å². The van der Waals surface area contributed by atoms with Gasteiger partial charge in [0.15, 0.2) is 0 Å². The summed E-state index contributed by atoms with van der Waals surface area (Å²) in [4.78, 5) is 26.3. The quantitative estimate of drug-likeness (QED) is 0.650. The maximum Gasteiger partial charge on any atom is 0.331 e. The van der Waals surface area contributed by atoms with Crippen LogP contribution >= 0.6 is 0 Å². The van der Waals surface area contributed by atoms with Gasteiger partial charge in [0.1, 0.15) is 0 Å². The Hall–Kier alpha value is -3.56. The number of methoxy groups -OCH3 is 2. The summed E-state index contributed by atoms with van der Waals surface area (Å²) < 4.78 is 9.80. The molecule has 0 unspecified atom stereocenters. The molecule has 0 saturated heterocycles. The van der Waals surface area contributed by atoms with E-state index in [2.05, 4.69) is 20.0 Å². The molecule has 2 aromatic rings. The summed E-state index contributed by atoms with van der Waals surface area (Å²) in [5.74, 6) is 0.526. The molecule has 4 rings (SSSR count). The van der Waals surface area contributed by atoms with Crippen molar-refractivity contribution in [3.05, 3.63) is 44.8 Å². The van der Waals surface area contributed by atoms with E-state index in [0.29, 0.717) is 35.9 Å². The van der Waals surface area contributed by atoms with Crippen LogP contribution in [0.5, 0.6) is 11.8 Å². The standard InChI is InChI=1S/C8H7N3O3.C8H9N3O/c1-14-8-7(11(12)13)2-5-3-9-4-6(5)10-8;1-12-8-6(9)2-5-3-10-4-7(5)11-8/h2-3H,4H2,1H3;2-3H,4,9H2,1H3. The number of rotatable bonds is 3. The summed E-state index contributed by atoms with van der Waals surface area (Å²) in [5.41, 5.74) is 9.42. The van der Waals surface area contributed by atoms with Gasteiger partial charge >= 0.3 is 5.69 Å². The van der Waals surface area contributed by atoms with E-state index in [9.17, 15) is 10.1 Å². The van der Waals surface area contributed by atoms with E-state index < -0.39 is 4.92 Å². The van der Waals surface area contributed by atoms with Gasteiger partial charge in [0.05, 0.1) is 49.3 Å². The average Bonchev–Trinajstić information content (AvgIpc) is 3.28. The Kier molecular flexibility index (Phi) is 4.74. The molecule has 2 N–H and O–H groups in total. The van der Waals surface area contributed by atoms with Gasteiger partial charge in [-0.2, -0.15) is 0 Å². The molecule has 0 aliphatic carbocycles. The lowest BCUT2D eigenvalue weighted by atomic mass is 10.2. The third-order valence-corrected chi connectivity index (χ3v) is 3.73. The van der Waals surface area contributed by atoms with Crippen LogP contribution in [0.4, 0.5) is 11.4 Å². The van der Waals surface area contributed by atoms with Crippen LogP contribution in [0.3, 0.4) is 0 Å². The average molecular weight is 356 g/mol. The fourth-order valence-corrected chi connectivity index (χ4v) is 2.48. The molecule has 0 fully saturated rings. The summed E-state index contributed by atoms with van der Waals surface area (Å²) in [6.07, 6.45) is 3.35. The first-order valence-electron chi connectivity index (χ1n) is 7.58. The van der Waals surface area contributed by atoms with E-state index in [1.165, 1.54) is 13.2 Å². The van der Waals surface area contributed by atoms with E-state index in [1.807, 2.05) is 6.07 Å². The van der Waals surface area contributed by atoms with Crippen LogP contribution in [0, 0.1) is 10.1 Å². The lowest BCUT2D eigenvalue weighted by molar-refractivity contribution is -0.386. The first-order chi connectivity index (χ1) is 12.5. The number of nitrogen functional groups attached to an aromatic ring is 1. The number of aliphatic imine (C=N–C) groups is 2. The summed E-state index contributed by atoms with van der Waals surface area (Å²) in [6, 6.07) is 3.26. The van der Waals surface area contributed by atoms with Crippen LogP contribution in [-0.4, -0.2) is 41.5 Å². The van der Waals surface area contributed by atoms with Crippen LogP contribution in [0.15, 0.2) is 22.1 Å². The zero-order chi connectivity index (χ0) is 18.7. The van der Waals surface area contributed by atoms with Crippen LogP contribution in [0.2, 0.25) is 0 Å². The predicted octanol–water partition coefficient (Wildman–Crippen LogP) is 1.54. The van der Waals surface area contributed by atoms with Gasteiger partial charge in [-0.25, -0.2) is 9.97 Å². The molecular weight excluding hydrogens is 340 g/mol. The monoisotopic (exact) mass is 356 g/mol. The molecule has 26 heavy (non-hydrogen) atoms. The molecule has 2 aliphatic rings. The van der Waals surface area contributed by atoms with Gasteiger partial charge in [-0.05, 0) is 6.07 Å². The summed E-state index contributed by atoms with van der Waals surface area (Å²) in [5, 5.41) is 10.6. The van der Waals surface area contributed by atoms with Gasteiger partial charge in [0.2, 0.25) is 5.88 Å². The highest BCUT2D eigenvalue weighted by Gasteiger charge is 2.21. The zero-order valence-corrected chi connectivity index (χ0v) is 14.2. The van der Waals surface area contributed by atoms with Crippen molar-refractivity contribution >= 4 is 23.8 Å². The fraction of sp³-hybridized carbons (Fsp3) is 0.250. The predicted molar refractivity (Wildman–Crippen MR) is 95.2 cm³/mol. The maximum absolute atomic E-state index is 10.6. The maximum atomic E-state index is 10.6. The molecule has 0 amide bonds. The number of nitrogens with two attached hydrogens (primary N) is 1. The number of pyridine rings is 2. The first kappa shape index (κ1) is 17.3. The molecule has 0 aromatic carbocycles. The summed E-state index contributed by atoms with van der Waals surface area (Å²) >= 11 is 0. The van der Waals surface area contributed by atoms with Gasteiger partial charge in [-0.3, -0.25) is 20.1 Å². The molecule has 0 bridgehead atoms. The molecule has 2 aromatic heterocycles. The minimum atomic E-state index is -0.516. The SMILES string of the molecule is COc1nc2c(cc1N)C=NC2.COc1nc2c(cc1[N+](=O)[O-])C=NC2. The Balaban J connectivity index is 0.000000152. The summed E-state index contributed by atoms with van der Waals surface area (Å²) in [6.45, 7) is 1.09. The number of hydrogen-bond acceptors (Lipinski definition) is 9. The highest BCUT2D eigenvalue weighted by Crippen LogP contribution is 2.28. The minimum absolute atomic E-state index is 0.0410. The third-order valence-electron chi connectivity index (χ3n) is 3.73. The van der Waals surface area contributed by atoms with Crippen LogP contribution < -0.4 is 15.2 Å². The van der Waals surface area contributed by atoms with Crippen LogP contribution in [0.25, 0.3) is 0 Å². The van der Waals surface area contributed by atoms with Crippen molar-refractivity contribution in [2.75, 3.05) is 20.0 Å². The number of anilines is 1. The topological polar surface area (TPSA) is 138 Å². The largest absolute Gasteiger partial charge is 0.480 e. The molecule has 10 heteroatoms. The Bertz CT molecular complexity index is 925. The number of ether oxygens (including phenoxy) is 2. The van der Waals surface area contributed by atoms with Crippen molar-refractivity contribution in [3.63, 3.8) is 0 Å². The number of fused-ring (bicyclic) bond motifs is 2. The highest BCUT2D eigenvalue weighted by atomic mass is 16.6. The van der Waals surface area contributed by atoms with Crippen molar-refractivity contribution in [3.8, 4) is 11.8 Å². The Morgan fingerprint density at radius 3 is 2.08 bits per heavy atom. The van der Waals surface area contributed by atoms with Crippen molar-refractivity contribution in [2.45, 2.75) is 13.1 Å². The molecule has 0 radical (unpaired) electrons. The fourth-order valence-electron chi connectivity index (χ4n) is 2.48. The number of hydrogen-bond donors (Lipinski definition) is 1. The van der Waals surface area contributed by atoms with E-state index >= 15 is 0 Å². The van der Waals surface area contributed by atoms with Crippen molar-refractivity contribution in [1.82, 2.24) is 9.97 Å². The molecule has 10 nitrogen and oxygen atoms in total. The summed E-state index contributed by atoms with van der Waals surface area (Å²) in [7, 11) is 2.92. The normalized spacial score (nSPS) is 12.8. The number of nitrogens with zero attached hydrogens (tertiary/aromatic N) is 5. The van der Waals surface area contributed by atoms with E-state index in [0.717, 1.165) is 11.3 Å². The smallest absolute Gasteiger partial charge is 0.331 e. The van der Waals surface area contributed by atoms with E-state index in [-0.39, 0.29) is 11.6 Å². The molecule has 0 spiro atoms. The van der Waals surface area contributed by atoms with E-state index in [1.54, 1.807) is 19.5 Å². The molecule has 4 heterocycles. The highest BCUT2D eigenvalue weighted by molar-refractivity contribution is 5.85. The third kappa shape index (κ3) is 3.29. The lowest BCUT2D eigenvalue weighted by Gasteiger charge is -2.04. The second-order valence-electron chi connectivity index (χ2n) is 5.37. The Morgan fingerprint density at radius 1 is 1.00 bits per heavy atom. The van der Waals surface area contributed by atoms with Crippen molar-refractivity contribution in [2.24, 2.45) is 9.98 Å². The second-order valence-corrected chi connectivity index (χ2v) is 5.37. The minimum Gasteiger partial charge on any atom is -0.480 e. The Morgan fingerprint density at radius 2 is 1.54 bits per heavy atom.